The van der Waals surface area contributed by atoms with Crippen molar-refractivity contribution in [2.24, 2.45) is 0 Å². The minimum atomic E-state index is -3.62. The Kier molecular flexibility index (Phi) is 5.44. The van der Waals surface area contributed by atoms with Gasteiger partial charge in [-0.2, -0.15) is 0 Å². The van der Waals surface area contributed by atoms with Gasteiger partial charge in [0.25, 0.3) is 10.0 Å². The number of aryl methyl sites for hydroxylation is 1. The predicted molar refractivity (Wildman–Crippen MR) is 108 cm³/mol. The van der Waals surface area contributed by atoms with E-state index in [9.17, 15) is 8.42 Å². The molecule has 6 heteroatoms. The third-order valence-electron chi connectivity index (χ3n) is 4.44. The highest BCUT2D eigenvalue weighted by Crippen LogP contribution is 2.28. The van der Waals surface area contributed by atoms with Crippen LogP contribution in [-0.2, 0) is 10.0 Å². The Morgan fingerprint density at radius 2 is 1.73 bits per heavy atom. The van der Waals surface area contributed by atoms with Gasteiger partial charge in [-0.05, 0) is 37.0 Å². The lowest BCUT2D eigenvalue weighted by Gasteiger charge is -2.09. The van der Waals surface area contributed by atoms with Gasteiger partial charge >= 0.3 is 0 Å². The number of hydrogen-bond donors (Lipinski definition) is 1. The van der Waals surface area contributed by atoms with E-state index >= 15 is 0 Å². The molecular weight excluding hydrogens is 364 g/mol. The third kappa shape index (κ3) is 4.14. The first-order valence-electron chi connectivity index (χ1n) is 8.54. The van der Waals surface area contributed by atoms with E-state index in [2.05, 4.69) is 35.7 Å². The highest BCUT2D eigenvalue weighted by Gasteiger charge is 2.16. The van der Waals surface area contributed by atoms with Gasteiger partial charge in [-0.3, -0.25) is 4.72 Å². The van der Waals surface area contributed by atoms with E-state index in [-0.39, 0.29) is 4.90 Å². The van der Waals surface area contributed by atoms with Gasteiger partial charge < -0.3 is 0 Å². The van der Waals surface area contributed by atoms with Crippen LogP contribution in [0.15, 0.2) is 58.8 Å². The molecule has 0 aliphatic carbocycles. The summed E-state index contributed by atoms with van der Waals surface area (Å²) >= 11 is 1.28. The number of rotatable bonds is 6. The molecule has 3 aromatic rings. The lowest BCUT2D eigenvalue weighted by Crippen LogP contribution is -2.12. The number of nitrogens with one attached hydrogen (secondary N) is 1. The van der Waals surface area contributed by atoms with Crippen LogP contribution >= 0.6 is 11.3 Å². The largest absolute Gasteiger partial charge is 0.263 e. The lowest BCUT2D eigenvalue weighted by molar-refractivity contribution is 0.601. The van der Waals surface area contributed by atoms with E-state index in [0.717, 1.165) is 23.2 Å². The molecule has 0 saturated heterocycles. The van der Waals surface area contributed by atoms with Crippen LogP contribution < -0.4 is 4.72 Å². The molecule has 1 aromatic heterocycles. The van der Waals surface area contributed by atoms with Crippen molar-refractivity contribution >= 4 is 26.5 Å². The molecule has 1 heterocycles. The van der Waals surface area contributed by atoms with E-state index in [4.69, 9.17) is 0 Å². The summed E-state index contributed by atoms with van der Waals surface area (Å²) in [6.45, 7) is 6.30. The molecule has 0 amide bonds. The first-order valence-corrected chi connectivity index (χ1v) is 10.9. The van der Waals surface area contributed by atoms with E-state index in [1.165, 1.54) is 16.9 Å². The van der Waals surface area contributed by atoms with Gasteiger partial charge in [0.05, 0.1) is 10.6 Å². The van der Waals surface area contributed by atoms with Crippen molar-refractivity contribution in [1.29, 1.82) is 0 Å². The van der Waals surface area contributed by atoms with E-state index < -0.39 is 10.0 Å². The normalized spacial score (nSPS) is 12.7. The van der Waals surface area contributed by atoms with E-state index in [1.54, 1.807) is 24.3 Å². The number of sulfonamides is 1. The molecule has 1 unspecified atom stereocenters. The summed E-state index contributed by atoms with van der Waals surface area (Å²) in [4.78, 5) is 4.67. The number of thiazole rings is 1. The highest BCUT2D eigenvalue weighted by atomic mass is 32.2. The van der Waals surface area contributed by atoms with Crippen LogP contribution in [0.25, 0.3) is 11.3 Å². The summed E-state index contributed by atoms with van der Waals surface area (Å²) in [5.74, 6) is 0.524. The summed E-state index contributed by atoms with van der Waals surface area (Å²) in [6, 6.07) is 15.0. The summed E-state index contributed by atoms with van der Waals surface area (Å²) < 4.78 is 27.5. The molecule has 0 radical (unpaired) electrons. The van der Waals surface area contributed by atoms with Crippen LogP contribution in [0.1, 0.15) is 37.3 Å². The number of hydrogen-bond acceptors (Lipinski definition) is 4. The molecule has 0 aliphatic rings. The molecule has 0 bridgehead atoms. The fraction of sp³-hybridized carbons (Fsp3) is 0.250. The second kappa shape index (κ2) is 7.60. The average Bonchev–Trinajstić information content (AvgIpc) is 3.09. The molecule has 0 aliphatic heterocycles. The first kappa shape index (κ1) is 18.6. The maximum Gasteiger partial charge on any atom is 0.263 e. The number of anilines is 1. The van der Waals surface area contributed by atoms with Gasteiger partial charge in [0.15, 0.2) is 5.13 Å². The van der Waals surface area contributed by atoms with Crippen LogP contribution in [0.4, 0.5) is 5.13 Å². The van der Waals surface area contributed by atoms with Gasteiger partial charge in [-0.1, -0.05) is 55.8 Å². The maximum absolute atomic E-state index is 12.5. The van der Waals surface area contributed by atoms with Crippen molar-refractivity contribution in [1.82, 2.24) is 4.98 Å². The van der Waals surface area contributed by atoms with Crippen LogP contribution in [-0.4, -0.2) is 13.4 Å². The Morgan fingerprint density at radius 1 is 1.08 bits per heavy atom. The average molecular weight is 387 g/mol. The van der Waals surface area contributed by atoms with Crippen molar-refractivity contribution < 1.29 is 8.42 Å². The quantitative estimate of drug-likeness (QED) is 0.614. The van der Waals surface area contributed by atoms with Crippen LogP contribution in [0.5, 0.6) is 0 Å². The molecule has 0 spiro atoms. The first-order chi connectivity index (χ1) is 12.4. The smallest absolute Gasteiger partial charge is 0.255 e. The summed E-state index contributed by atoms with van der Waals surface area (Å²) in [5.41, 5.74) is 4.06. The van der Waals surface area contributed by atoms with E-state index in [1.807, 2.05) is 24.4 Å². The minimum absolute atomic E-state index is 0.234. The molecule has 4 nitrogen and oxygen atoms in total. The molecule has 1 atom stereocenters. The number of nitrogens with zero attached hydrogens (tertiary/aromatic N) is 1. The lowest BCUT2D eigenvalue weighted by atomic mass is 9.97. The maximum atomic E-state index is 12.5. The van der Waals surface area contributed by atoms with Gasteiger partial charge in [0.1, 0.15) is 0 Å². The van der Waals surface area contributed by atoms with E-state index in [0.29, 0.717) is 11.0 Å². The zero-order valence-electron chi connectivity index (χ0n) is 15.1. The molecule has 3 rings (SSSR count). The fourth-order valence-electron chi connectivity index (χ4n) is 2.56. The van der Waals surface area contributed by atoms with Crippen molar-refractivity contribution in [3.05, 3.63) is 65.0 Å². The van der Waals surface area contributed by atoms with Gasteiger partial charge in [-0.25, -0.2) is 13.4 Å². The van der Waals surface area contributed by atoms with Gasteiger partial charge in [0, 0.05) is 10.9 Å². The fourth-order valence-corrected chi connectivity index (χ4v) is 4.54. The van der Waals surface area contributed by atoms with Crippen molar-refractivity contribution in [2.75, 3.05) is 4.72 Å². The monoisotopic (exact) mass is 386 g/mol. The molecule has 0 saturated carbocycles. The summed E-state index contributed by atoms with van der Waals surface area (Å²) in [6.07, 6.45) is 1.10. The standard InChI is InChI=1S/C20H22N2O2S2/c1-4-15(3)16-7-9-17(10-8-16)19-13-25-20(21-19)22-26(23,24)18-11-5-14(2)6-12-18/h5-13,15H,4H2,1-3H3,(H,21,22). The molecule has 0 fully saturated rings. The van der Waals surface area contributed by atoms with Gasteiger partial charge in [0.2, 0.25) is 0 Å². The van der Waals surface area contributed by atoms with Crippen LogP contribution in [0.3, 0.4) is 0 Å². The highest BCUT2D eigenvalue weighted by molar-refractivity contribution is 7.93. The predicted octanol–water partition coefficient (Wildman–Crippen LogP) is 5.43. The topological polar surface area (TPSA) is 59.1 Å². The Hall–Kier alpha value is -2.18. The van der Waals surface area contributed by atoms with Crippen molar-refractivity contribution in [3.63, 3.8) is 0 Å². The Morgan fingerprint density at radius 3 is 2.35 bits per heavy atom. The second-order valence-electron chi connectivity index (χ2n) is 6.39. The number of aromatic nitrogens is 1. The minimum Gasteiger partial charge on any atom is -0.255 e. The Labute approximate surface area is 159 Å². The Balaban J connectivity index is 1.78. The Bertz CT molecular complexity index is 975. The molecule has 26 heavy (non-hydrogen) atoms. The van der Waals surface area contributed by atoms with Crippen molar-refractivity contribution in [2.45, 2.75) is 38.0 Å². The van der Waals surface area contributed by atoms with Crippen molar-refractivity contribution in [3.8, 4) is 11.3 Å². The number of benzene rings is 2. The second-order valence-corrected chi connectivity index (χ2v) is 8.93. The molecular formula is C20H22N2O2S2. The third-order valence-corrected chi connectivity index (χ3v) is 6.69. The molecule has 136 valence electrons. The molecule has 1 N–H and O–H groups in total. The SMILES string of the molecule is CCC(C)c1ccc(-c2csc(NS(=O)(=O)c3ccc(C)cc3)n2)cc1. The van der Waals surface area contributed by atoms with Crippen LogP contribution in [0, 0.1) is 6.92 Å². The summed E-state index contributed by atoms with van der Waals surface area (Å²) in [5, 5.41) is 2.23. The summed E-state index contributed by atoms with van der Waals surface area (Å²) in [7, 11) is -3.62. The zero-order chi connectivity index (χ0) is 18.7. The zero-order valence-corrected chi connectivity index (χ0v) is 16.7. The molecule has 2 aromatic carbocycles. The van der Waals surface area contributed by atoms with Crippen LogP contribution in [0.2, 0.25) is 0 Å². The van der Waals surface area contributed by atoms with Gasteiger partial charge in [-0.15, -0.1) is 11.3 Å².